The fourth-order valence-electron chi connectivity index (χ4n) is 1.46. The SMILES string of the molecule is NNC(=O)COc1c(Br)cc(Br)c2cccnc12. The maximum Gasteiger partial charge on any atom is 0.271 e. The zero-order valence-electron chi connectivity index (χ0n) is 9.11. The number of nitrogens with two attached hydrogens (primary N) is 1. The van der Waals surface area contributed by atoms with E-state index in [9.17, 15) is 4.79 Å². The number of aromatic nitrogens is 1. The summed E-state index contributed by atoms with van der Waals surface area (Å²) in [7, 11) is 0. The molecule has 0 saturated heterocycles. The molecule has 0 fully saturated rings. The molecule has 5 nitrogen and oxygen atoms in total. The van der Waals surface area contributed by atoms with Crippen LogP contribution in [0.1, 0.15) is 0 Å². The van der Waals surface area contributed by atoms with E-state index in [0.717, 1.165) is 9.86 Å². The van der Waals surface area contributed by atoms with Gasteiger partial charge in [0.1, 0.15) is 5.52 Å². The lowest BCUT2D eigenvalue weighted by atomic mass is 10.2. The van der Waals surface area contributed by atoms with Crippen LogP contribution in [-0.2, 0) is 4.79 Å². The van der Waals surface area contributed by atoms with Crippen LogP contribution in [0.3, 0.4) is 0 Å². The zero-order valence-corrected chi connectivity index (χ0v) is 12.3. The fourth-order valence-corrected chi connectivity index (χ4v) is 2.85. The van der Waals surface area contributed by atoms with E-state index >= 15 is 0 Å². The van der Waals surface area contributed by atoms with Crippen LogP contribution < -0.4 is 16.0 Å². The van der Waals surface area contributed by atoms with Crippen LogP contribution in [0.5, 0.6) is 5.75 Å². The van der Waals surface area contributed by atoms with Crippen molar-refractivity contribution in [3.63, 3.8) is 0 Å². The lowest BCUT2D eigenvalue weighted by Crippen LogP contribution is -2.34. The summed E-state index contributed by atoms with van der Waals surface area (Å²) in [5, 5.41) is 0.906. The van der Waals surface area contributed by atoms with Gasteiger partial charge in [0.05, 0.1) is 4.47 Å². The Hall–Kier alpha value is -1.18. The summed E-state index contributed by atoms with van der Waals surface area (Å²) in [5.74, 6) is 5.10. The van der Waals surface area contributed by atoms with Crippen molar-refractivity contribution in [2.75, 3.05) is 6.61 Å². The van der Waals surface area contributed by atoms with E-state index in [1.54, 1.807) is 6.20 Å². The van der Waals surface area contributed by atoms with Crippen LogP contribution in [0.4, 0.5) is 0 Å². The molecule has 1 amide bonds. The van der Waals surface area contributed by atoms with E-state index < -0.39 is 5.91 Å². The van der Waals surface area contributed by atoms with Crippen LogP contribution in [0.25, 0.3) is 10.9 Å². The molecular formula is C11H9Br2N3O2. The van der Waals surface area contributed by atoms with Crippen molar-refractivity contribution in [2.45, 2.75) is 0 Å². The molecule has 2 aromatic rings. The highest BCUT2D eigenvalue weighted by Gasteiger charge is 2.12. The van der Waals surface area contributed by atoms with Gasteiger partial charge in [-0.25, -0.2) is 5.84 Å². The Morgan fingerprint density at radius 3 is 2.94 bits per heavy atom. The second kappa shape index (κ2) is 5.64. The monoisotopic (exact) mass is 373 g/mol. The van der Waals surface area contributed by atoms with Gasteiger partial charge in [-0.05, 0) is 28.1 Å². The Kier molecular flexibility index (Phi) is 4.15. The largest absolute Gasteiger partial charge is 0.480 e. The second-order valence-electron chi connectivity index (χ2n) is 3.43. The first-order chi connectivity index (χ1) is 8.63. The quantitative estimate of drug-likeness (QED) is 0.490. The Morgan fingerprint density at radius 2 is 2.22 bits per heavy atom. The van der Waals surface area contributed by atoms with Crippen molar-refractivity contribution in [1.82, 2.24) is 10.4 Å². The van der Waals surface area contributed by atoms with E-state index in [2.05, 4.69) is 36.8 Å². The minimum atomic E-state index is -0.408. The van der Waals surface area contributed by atoms with E-state index in [-0.39, 0.29) is 6.61 Å². The van der Waals surface area contributed by atoms with Crippen LogP contribution in [0, 0.1) is 0 Å². The number of hydrogen-bond acceptors (Lipinski definition) is 4. The number of hydrazine groups is 1. The van der Waals surface area contributed by atoms with Crippen molar-refractivity contribution in [2.24, 2.45) is 5.84 Å². The highest BCUT2D eigenvalue weighted by atomic mass is 79.9. The number of nitrogens with zero attached hydrogens (tertiary/aromatic N) is 1. The van der Waals surface area contributed by atoms with Crippen LogP contribution in [0.15, 0.2) is 33.3 Å². The Bertz CT molecular complexity index is 604. The molecule has 94 valence electrons. The Morgan fingerprint density at radius 1 is 1.44 bits per heavy atom. The summed E-state index contributed by atoms with van der Waals surface area (Å²) in [6, 6.07) is 5.59. The van der Waals surface area contributed by atoms with Gasteiger partial charge < -0.3 is 4.74 Å². The van der Waals surface area contributed by atoms with Crippen LogP contribution in [-0.4, -0.2) is 17.5 Å². The van der Waals surface area contributed by atoms with Gasteiger partial charge in [-0.15, -0.1) is 0 Å². The summed E-state index contributed by atoms with van der Waals surface area (Å²) < 4.78 is 7.05. The van der Waals surface area contributed by atoms with Crippen LogP contribution >= 0.6 is 31.9 Å². The number of rotatable bonds is 3. The molecule has 1 aromatic carbocycles. The van der Waals surface area contributed by atoms with Crippen molar-refractivity contribution in [1.29, 1.82) is 0 Å². The molecule has 2 rings (SSSR count). The lowest BCUT2D eigenvalue weighted by Gasteiger charge is -2.11. The maximum atomic E-state index is 11.1. The molecular weight excluding hydrogens is 366 g/mol. The predicted molar refractivity (Wildman–Crippen MR) is 75.0 cm³/mol. The van der Waals surface area contributed by atoms with Crippen molar-refractivity contribution in [3.8, 4) is 5.75 Å². The molecule has 18 heavy (non-hydrogen) atoms. The standard InChI is InChI=1S/C11H9Br2N3O2/c12-7-4-8(13)11(18-5-9(17)16-14)10-6(7)2-1-3-15-10/h1-4H,5,14H2,(H,16,17). The van der Waals surface area contributed by atoms with Gasteiger partial charge in [0, 0.05) is 16.1 Å². The molecule has 0 spiro atoms. The minimum absolute atomic E-state index is 0.164. The summed E-state index contributed by atoms with van der Waals surface area (Å²) >= 11 is 6.83. The molecule has 0 aliphatic heterocycles. The average Bonchev–Trinajstić information content (AvgIpc) is 2.38. The summed E-state index contributed by atoms with van der Waals surface area (Å²) in [6.45, 7) is -0.164. The molecule has 0 aliphatic carbocycles. The van der Waals surface area contributed by atoms with Gasteiger partial charge >= 0.3 is 0 Å². The summed E-state index contributed by atoms with van der Waals surface area (Å²) in [6.07, 6.45) is 1.66. The normalized spacial score (nSPS) is 10.4. The molecule has 1 heterocycles. The highest BCUT2D eigenvalue weighted by molar-refractivity contribution is 9.11. The smallest absolute Gasteiger partial charge is 0.271 e. The van der Waals surface area contributed by atoms with Gasteiger partial charge in [0.25, 0.3) is 5.91 Å². The number of carbonyl (C=O) groups excluding carboxylic acids is 1. The van der Waals surface area contributed by atoms with Gasteiger partial charge in [-0.3, -0.25) is 15.2 Å². The van der Waals surface area contributed by atoms with Gasteiger partial charge in [0.2, 0.25) is 0 Å². The molecule has 0 atom stereocenters. The number of halogens is 2. The topological polar surface area (TPSA) is 77.2 Å². The molecule has 0 bridgehead atoms. The number of nitrogens with one attached hydrogen (secondary N) is 1. The lowest BCUT2D eigenvalue weighted by molar-refractivity contribution is -0.123. The third-order valence-electron chi connectivity index (χ3n) is 2.26. The van der Waals surface area contributed by atoms with Gasteiger partial charge in [-0.2, -0.15) is 0 Å². The van der Waals surface area contributed by atoms with Gasteiger partial charge in [0.15, 0.2) is 12.4 Å². The summed E-state index contributed by atoms with van der Waals surface area (Å²) in [4.78, 5) is 15.4. The Balaban J connectivity index is 2.46. The molecule has 3 N–H and O–H groups in total. The third-order valence-corrected chi connectivity index (χ3v) is 3.50. The Labute approximate surface area is 120 Å². The minimum Gasteiger partial charge on any atom is -0.480 e. The average molecular weight is 375 g/mol. The third kappa shape index (κ3) is 2.63. The molecule has 0 unspecified atom stereocenters. The first-order valence-electron chi connectivity index (χ1n) is 4.98. The number of fused-ring (bicyclic) bond motifs is 1. The van der Waals surface area contributed by atoms with E-state index in [4.69, 9.17) is 10.6 Å². The van der Waals surface area contributed by atoms with E-state index in [1.165, 1.54) is 0 Å². The molecule has 0 saturated carbocycles. The molecule has 1 aromatic heterocycles. The fraction of sp³-hybridized carbons (Fsp3) is 0.0909. The summed E-state index contributed by atoms with van der Waals surface area (Å²) in [5.41, 5.74) is 2.68. The maximum absolute atomic E-state index is 11.1. The van der Waals surface area contributed by atoms with Gasteiger partial charge in [-0.1, -0.05) is 22.0 Å². The first kappa shape index (κ1) is 13.3. The predicted octanol–water partition coefficient (Wildman–Crippen LogP) is 2.13. The number of pyridine rings is 1. The first-order valence-corrected chi connectivity index (χ1v) is 6.57. The zero-order chi connectivity index (χ0) is 13.1. The van der Waals surface area contributed by atoms with E-state index in [0.29, 0.717) is 15.7 Å². The highest BCUT2D eigenvalue weighted by Crippen LogP contribution is 2.37. The van der Waals surface area contributed by atoms with Crippen molar-refractivity contribution in [3.05, 3.63) is 33.3 Å². The number of ether oxygens (including phenoxy) is 1. The van der Waals surface area contributed by atoms with Crippen molar-refractivity contribution < 1.29 is 9.53 Å². The van der Waals surface area contributed by atoms with E-state index in [1.807, 2.05) is 23.6 Å². The van der Waals surface area contributed by atoms with Crippen LogP contribution in [0.2, 0.25) is 0 Å². The number of carbonyl (C=O) groups is 1. The second-order valence-corrected chi connectivity index (χ2v) is 5.13. The number of amides is 1. The van der Waals surface area contributed by atoms with Crippen molar-refractivity contribution >= 4 is 48.7 Å². The number of hydrogen-bond donors (Lipinski definition) is 2. The number of benzene rings is 1. The molecule has 0 aliphatic rings. The molecule has 0 radical (unpaired) electrons. The molecule has 7 heteroatoms.